The Balaban J connectivity index is 1.52. The van der Waals surface area contributed by atoms with Crippen LogP contribution in [0.4, 0.5) is 0 Å². The number of carbonyl (C=O) groups is 1. The summed E-state index contributed by atoms with van der Waals surface area (Å²) in [5.41, 5.74) is 1.50. The van der Waals surface area contributed by atoms with E-state index >= 15 is 0 Å². The second-order valence-electron chi connectivity index (χ2n) is 6.99. The Hall–Kier alpha value is -2.28. The van der Waals surface area contributed by atoms with Crippen LogP contribution in [0.2, 0.25) is 0 Å². The molecule has 132 valence electrons. The predicted molar refractivity (Wildman–Crippen MR) is 89.3 cm³/mol. The fourth-order valence-electron chi connectivity index (χ4n) is 3.38. The summed E-state index contributed by atoms with van der Waals surface area (Å²) in [7, 11) is 1.68. The van der Waals surface area contributed by atoms with E-state index < -0.39 is 0 Å². The molecule has 1 aliphatic heterocycles. The van der Waals surface area contributed by atoms with E-state index in [1.165, 1.54) is 0 Å². The van der Waals surface area contributed by atoms with Crippen LogP contribution >= 0.6 is 0 Å². The summed E-state index contributed by atoms with van der Waals surface area (Å²) in [6, 6.07) is 3.68. The number of hydrogen-bond acceptors (Lipinski definition) is 6. The summed E-state index contributed by atoms with van der Waals surface area (Å²) in [4.78, 5) is 23.4. The van der Waals surface area contributed by atoms with Gasteiger partial charge < -0.3 is 14.2 Å². The zero-order valence-corrected chi connectivity index (χ0v) is 14.5. The number of hydrogen-bond donors (Lipinski definition) is 0. The van der Waals surface area contributed by atoms with Crippen LogP contribution in [0.5, 0.6) is 0 Å². The predicted octanol–water partition coefficient (Wildman–Crippen LogP) is 2.15. The van der Waals surface area contributed by atoms with Gasteiger partial charge in [0.05, 0.1) is 18.1 Å². The second kappa shape index (κ2) is 6.55. The van der Waals surface area contributed by atoms with Crippen molar-refractivity contribution in [3.8, 4) is 0 Å². The smallest absolute Gasteiger partial charge is 0.255 e. The Morgan fingerprint density at radius 1 is 1.36 bits per heavy atom. The number of pyridine rings is 1. The zero-order valence-electron chi connectivity index (χ0n) is 14.5. The number of methoxy groups -OCH3 is 1. The number of carbonyl (C=O) groups excluding carboxylic acids is 1. The molecule has 1 saturated carbocycles. The van der Waals surface area contributed by atoms with Gasteiger partial charge >= 0.3 is 0 Å². The molecule has 1 aliphatic carbocycles. The van der Waals surface area contributed by atoms with Crippen molar-refractivity contribution in [3.63, 3.8) is 0 Å². The fraction of sp³-hybridized carbons (Fsp3) is 0.556. The van der Waals surface area contributed by atoms with E-state index in [9.17, 15) is 4.79 Å². The lowest BCUT2D eigenvalue weighted by atomic mass is 9.97. The summed E-state index contributed by atoms with van der Waals surface area (Å²) in [5, 5.41) is 4.11. The van der Waals surface area contributed by atoms with E-state index in [1.807, 2.05) is 24.0 Å². The van der Waals surface area contributed by atoms with Gasteiger partial charge in [0.2, 0.25) is 5.89 Å². The van der Waals surface area contributed by atoms with E-state index in [-0.39, 0.29) is 17.7 Å². The van der Waals surface area contributed by atoms with Gasteiger partial charge in [-0.3, -0.25) is 9.78 Å². The van der Waals surface area contributed by atoms with Crippen molar-refractivity contribution in [2.24, 2.45) is 5.92 Å². The van der Waals surface area contributed by atoms with Crippen LogP contribution in [0.15, 0.2) is 22.9 Å². The fourth-order valence-corrected chi connectivity index (χ4v) is 3.38. The van der Waals surface area contributed by atoms with Crippen molar-refractivity contribution in [1.82, 2.24) is 20.0 Å². The lowest BCUT2D eigenvalue weighted by molar-refractivity contribution is 0.0775. The number of rotatable bonds is 5. The SMILES string of the molecule is COCC1CN(C(=O)c2ccc(C)nc2)CC1c1nc(C2CC2)no1. The first kappa shape index (κ1) is 16.2. The Bertz CT molecular complexity index is 754. The minimum absolute atomic E-state index is 0.0157. The highest BCUT2D eigenvalue weighted by Gasteiger charge is 2.40. The highest BCUT2D eigenvalue weighted by molar-refractivity contribution is 5.94. The standard InChI is InChI=1S/C18H22N4O3/c1-11-3-4-13(7-19-11)18(23)22-8-14(10-24-2)15(9-22)17-20-16(21-25-17)12-5-6-12/h3-4,7,12,14-15H,5-6,8-10H2,1-2H3. The van der Waals surface area contributed by atoms with Gasteiger partial charge in [0.1, 0.15) is 0 Å². The van der Waals surface area contributed by atoms with Crippen molar-refractivity contribution in [2.75, 3.05) is 26.8 Å². The van der Waals surface area contributed by atoms with E-state index in [0.29, 0.717) is 37.1 Å². The Morgan fingerprint density at radius 3 is 2.88 bits per heavy atom. The average molecular weight is 342 g/mol. The van der Waals surface area contributed by atoms with Crippen LogP contribution in [0.3, 0.4) is 0 Å². The topological polar surface area (TPSA) is 81.4 Å². The van der Waals surface area contributed by atoms with Crippen LogP contribution in [-0.2, 0) is 4.74 Å². The number of aryl methyl sites for hydroxylation is 1. The molecule has 2 aromatic heterocycles. The van der Waals surface area contributed by atoms with Gasteiger partial charge in [-0.05, 0) is 31.9 Å². The molecule has 25 heavy (non-hydrogen) atoms. The molecule has 2 fully saturated rings. The van der Waals surface area contributed by atoms with Gasteiger partial charge in [0, 0.05) is 43.9 Å². The molecule has 2 aromatic rings. The van der Waals surface area contributed by atoms with Crippen LogP contribution in [0, 0.1) is 12.8 Å². The Labute approximate surface area is 146 Å². The number of ether oxygens (including phenoxy) is 1. The third-order valence-corrected chi connectivity index (χ3v) is 4.98. The minimum Gasteiger partial charge on any atom is -0.384 e. The molecule has 4 rings (SSSR count). The maximum atomic E-state index is 12.8. The first-order valence-corrected chi connectivity index (χ1v) is 8.70. The van der Waals surface area contributed by atoms with Crippen molar-refractivity contribution >= 4 is 5.91 Å². The molecular formula is C18H22N4O3. The molecule has 0 bridgehead atoms. The highest BCUT2D eigenvalue weighted by Crippen LogP contribution is 2.40. The lowest BCUT2D eigenvalue weighted by Crippen LogP contribution is -2.29. The molecule has 0 spiro atoms. The summed E-state index contributed by atoms with van der Waals surface area (Å²) < 4.78 is 10.9. The van der Waals surface area contributed by atoms with Crippen molar-refractivity contribution < 1.29 is 14.1 Å². The monoisotopic (exact) mass is 342 g/mol. The number of nitrogens with zero attached hydrogens (tertiary/aromatic N) is 4. The average Bonchev–Trinajstić information content (AvgIpc) is 3.20. The lowest BCUT2D eigenvalue weighted by Gasteiger charge is -2.16. The molecule has 0 N–H and O–H groups in total. The third kappa shape index (κ3) is 3.28. The summed E-state index contributed by atoms with van der Waals surface area (Å²) in [5.74, 6) is 2.04. The van der Waals surface area contributed by atoms with Crippen LogP contribution < -0.4 is 0 Å². The van der Waals surface area contributed by atoms with Gasteiger partial charge in [0.25, 0.3) is 5.91 Å². The van der Waals surface area contributed by atoms with Gasteiger partial charge in [-0.2, -0.15) is 4.98 Å². The van der Waals surface area contributed by atoms with Gasteiger partial charge in [-0.25, -0.2) is 0 Å². The molecule has 2 atom stereocenters. The third-order valence-electron chi connectivity index (χ3n) is 4.98. The van der Waals surface area contributed by atoms with Gasteiger partial charge in [-0.1, -0.05) is 5.16 Å². The van der Waals surface area contributed by atoms with Crippen molar-refractivity contribution in [1.29, 1.82) is 0 Å². The first-order chi connectivity index (χ1) is 12.2. The maximum Gasteiger partial charge on any atom is 0.255 e. The number of likely N-dealkylation sites (tertiary alicyclic amines) is 1. The maximum absolute atomic E-state index is 12.8. The van der Waals surface area contributed by atoms with Gasteiger partial charge in [-0.15, -0.1) is 0 Å². The first-order valence-electron chi connectivity index (χ1n) is 8.70. The second-order valence-corrected chi connectivity index (χ2v) is 6.99. The molecular weight excluding hydrogens is 320 g/mol. The van der Waals surface area contributed by atoms with Crippen LogP contribution in [0.25, 0.3) is 0 Å². The molecule has 1 saturated heterocycles. The molecule has 1 amide bonds. The summed E-state index contributed by atoms with van der Waals surface area (Å²) >= 11 is 0. The van der Waals surface area contributed by atoms with Gasteiger partial charge in [0.15, 0.2) is 5.82 Å². The molecule has 7 nitrogen and oxygen atoms in total. The minimum atomic E-state index is -0.0157. The van der Waals surface area contributed by atoms with Crippen molar-refractivity contribution in [2.45, 2.75) is 31.6 Å². The Morgan fingerprint density at radius 2 is 2.20 bits per heavy atom. The molecule has 7 heteroatoms. The van der Waals surface area contributed by atoms with E-state index in [0.717, 1.165) is 24.4 Å². The quantitative estimate of drug-likeness (QED) is 0.828. The van der Waals surface area contributed by atoms with E-state index in [1.54, 1.807) is 13.3 Å². The number of amides is 1. The van der Waals surface area contributed by atoms with Crippen LogP contribution in [-0.4, -0.2) is 52.7 Å². The normalized spacial score (nSPS) is 23.2. The molecule has 2 aliphatic rings. The largest absolute Gasteiger partial charge is 0.384 e. The molecule has 2 unspecified atom stereocenters. The summed E-state index contributed by atoms with van der Waals surface area (Å²) in [6.45, 7) is 3.64. The van der Waals surface area contributed by atoms with Crippen molar-refractivity contribution in [3.05, 3.63) is 41.3 Å². The number of aromatic nitrogens is 3. The van der Waals surface area contributed by atoms with E-state index in [2.05, 4.69) is 15.1 Å². The molecule has 0 radical (unpaired) electrons. The van der Waals surface area contributed by atoms with Crippen LogP contribution in [0.1, 0.15) is 52.4 Å². The Kier molecular flexibility index (Phi) is 4.25. The van der Waals surface area contributed by atoms with E-state index in [4.69, 9.17) is 9.26 Å². The summed E-state index contributed by atoms with van der Waals surface area (Å²) in [6.07, 6.45) is 3.90. The highest BCUT2D eigenvalue weighted by atomic mass is 16.5. The molecule has 0 aromatic carbocycles. The zero-order chi connectivity index (χ0) is 17.4. The molecule has 3 heterocycles.